The average molecular weight is 379 g/mol. The van der Waals surface area contributed by atoms with E-state index in [0.717, 1.165) is 0 Å². The Morgan fingerprint density at radius 3 is 2.42 bits per heavy atom. The summed E-state index contributed by atoms with van der Waals surface area (Å²) in [6.45, 7) is 1.60. The lowest BCUT2D eigenvalue weighted by Crippen LogP contribution is -2.36. The standard InChI is InChI=1S/C16H17N3O6S/c1-11(25-15-5-3-2-4-14(15)19(21)22)16(20)18-10-12-6-8-13(9-7-12)26(17,23)24/h2-9,11H,10H2,1H3,(H,18,20)(H2,17,23,24). The molecule has 0 saturated heterocycles. The van der Waals surface area contributed by atoms with E-state index in [0.29, 0.717) is 5.56 Å². The van der Waals surface area contributed by atoms with E-state index in [1.165, 1.54) is 49.4 Å². The molecule has 0 aliphatic carbocycles. The second-order valence-electron chi connectivity index (χ2n) is 5.39. The number of benzene rings is 2. The van der Waals surface area contributed by atoms with E-state index < -0.39 is 27.0 Å². The van der Waals surface area contributed by atoms with E-state index in [1.807, 2.05) is 0 Å². The summed E-state index contributed by atoms with van der Waals surface area (Å²) < 4.78 is 27.8. The summed E-state index contributed by atoms with van der Waals surface area (Å²) in [5, 5.41) is 18.6. The summed E-state index contributed by atoms with van der Waals surface area (Å²) in [5.41, 5.74) is 0.425. The number of primary sulfonamides is 1. The van der Waals surface area contributed by atoms with Gasteiger partial charge in [-0.15, -0.1) is 0 Å². The van der Waals surface area contributed by atoms with E-state index in [9.17, 15) is 23.3 Å². The Morgan fingerprint density at radius 2 is 1.85 bits per heavy atom. The van der Waals surface area contributed by atoms with E-state index in [2.05, 4.69) is 5.32 Å². The van der Waals surface area contributed by atoms with Gasteiger partial charge in [-0.2, -0.15) is 0 Å². The molecular weight excluding hydrogens is 362 g/mol. The molecule has 26 heavy (non-hydrogen) atoms. The van der Waals surface area contributed by atoms with Crippen molar-refractivity contribution < 1.29 is 22.9 Å². The Labute approximate surface area is 150 Å². The Morgan fingerprint density at radius 1 is 1.23 bits per heavy atom. The first-order chi connectivity index (χ1) is 12.2. The topological polar surface area (TPSA) is 142 Å². The predicted molar refractivity (Wildman–Crippen MR) is 92.8 cm³/mol. The number of nitrogens with one attached hydrogen (secondary N) is 1. The molecule has 0 aliphatic heterocycles. The smallest absolute Gasteiger partial charge is 0.310 e. The highest BCUT2D eigenvalue weighted by Gasteiger charge is 2.20. The third-order valence-corrected chi connectivity index (χ3v) is 4.38. The number of hydrogen-bond acceptors (Lipinski definition) is 6. The van der Waals surface area contributed by atoms with Crippen molar-refractivity contribution in [3.8, 4) is 5.75 Å². The third kappa shape index (κ3) is 5.01. The Hall–Kier alpha value is -2.98. The zero-order valence-corrected chi connectivity index (χ0v) is 14.6. The van der Waals surface area contributed by atoms with Crippen molar-refractivity contribution in [1.29, 1.82) is 0 Å². The molecule has 0 aromatic heterocycles. The molecule has 10 heteroatoms. The molecule has 9 nitrogen and oxygen atoms in total. The molecule has 0 saturated carbocycles. The van der Waals surface area contributed by atoms with Crippen molar-refractivity contribution >= 4 is 21.6 Å². The number of nitro benzene ring substituents is 1. The Kier molecular flexibility index (Phi) is 5.90. The third-order valence-electron chi connectivity index (χ3n) is 3.45. The maximum absolute atomic E-state index is 12.1. The molecule has 138 valence electrons. The zero-order valence-electron chi connectivity index (χ0n) is 13.8. The number of carbonyl (C=O) groups is 1. The minimum Gasteiger partial charge on any atom is -0.474 e. The number of para-hydroxylation sites is 2. The van der Waals surface area contributed by atoms with Gasteiger partial charge in [0, 0.05) is 12.6 Å². The van der Waals surface area contributed by atoms with Gasteiger partial charge in [-0.3, -0.25) is 14.9 Å². The van der Waals surface area contributed by atoms with Crippen molar-refractivity contribution in [2.45, 2.75) is 24.5 Å². The van der Waals surface area contributed by atoms with Crippen LogP contribution in [0.3, 0.4) is 0 Å². The molecular formula is C16H17N3O6S. The summed E-state index contributed by atoms with van der Waals surface area (Å²) >= 11 is 0. The van der Waals surface area contributed by atoms with Gasteiger partial charge < -0.3 is 10.1 Å². The number of nitro groups is 1. The van der Waals surface area contributed by atoms with Crippen LogP contribution in [0.25, 0.3) is 0 Å². The molecule has 0 bridgehead atoms. The van der Waals surface area contributed by atoms with Gasteiger partial charge in [-0.05, 0) is 30.7 Å². The minimum absolute atomic E-state index is 0.00217. The lowest BCUT2D eigenvalue weighted by molar-refractivity contribution is -0.386. The molecule has 0 spiro atoms. The molecule has 1 atom stereocenters. The van der Waals surface area contributed by atoms with Crippen LogP contribution >= 0.6 is 0 Å². The Bertz CT molecular complexity index is 912. The second kappa shape index (κ2) is 7.93. The zero-order chi connectivity index (χ0) is 19.3. The lowest BCUT2D eigenvalue weighted by atomic mass is 10.2. The maximum atomic E-state index is 12.1. The number of hydrogen-bond donors (Lipinski definition) is 2. The van der Waals surface area contributed by atoms with Crippen molar-refractivity contribution in [2.24, 2.45) is 5.14 Å². The van der Waals surface area contributed by atoms with Crippen LogP contribution in [0.15, 0.2) is 53.4 Å². The van der Waals surface area contributed by atoms with Crippen LogP contribution in [0.5, 0.6) is 5.75 Å². The SMILES string of the molecule is CC(Oc1ccccc1[N+](=O)[O-])C(=O)NCc1ccc(S(N)(=O)=O)cc1. The number of sulfonamides is 1. The number of nitrogens with zero attached hydrogens (tertiary/aromatic N) is 1. The highest BCUT2D eigenvalue weighted by atomic mass is 32.2. The molecule has 0 radical (unpaired) electrons. The molecule has 0 heterocycles. The number of rotatable bonds is 7. The van der Waals surface area contributed by atoms with Crippen LogP contribution in [0.1, 0.15) is 12.5 Å². The van der Waals surface area contributed by atoms with Crippen molar-refractivity contribution in [1.82, 2.24) is 5.32 Å². The van der Waals surface area contributed by atoms with Gasteiger partial charge in [0.15, 0.2) is 11.9 Å². The molecule has 2 rings (SSSR count). The van der Waals surface area contributed by atoms with Crippen LogP contribution in [-0.2, 0) is 21.4 Å². The summed E-state index contributed by atoms with van der Waals surface area (Å²) in [6.07, 6.45) is -0.959. The first-order valence-electron chi connectivity index (χ1n) is 7.48. The predicted octanol–water partition coefficient (Wildman–Crippen LogP) is 1.33. The molecule has 0 aliphatic rings. The van der Waals surface area contributed by atoms with Crippen LogP contribution in [0.2, 0.25) is 0 Å². The molecule has 0 fully saturated rings. The van der Waals surface area contributed by atoms with Gasteiger partial charge in [0.25, 0.3) is 5.91 Å². The normalized spacial score (nSPS) is 12.2. The van der Waals surface area contributed by atoms with E-state index >= 15 is 0 Å². The summed E-state index contributed by atoms with van der Waals surface area (Å²) in [4.78, 5) is 22.4. The molecule has 2 aromatic rings. The van der Waals surface area contributed by atoms with Crippen molar-refractivity contribution in [3.63, 3.8) is 0 Å². The van der Waals surface area contributed by atoms with Gasteiger partial charge in [-0.1, -0.05) is 24.3 Å². The first kappa shape index (κ1) is 19.3. The fourth-order valence-electron chi connectivity index (χ4n) is 2.08. The van der Waals surface area contributed by atoms with E-state index in [4.69, 9.17) is 9.88 Å². The molecule has 3 N–H and O–H groups in total. The maximum Gasteiger partial charge on any atom is 0.310 e. The van der Waals surface area contributed by atoms with Crippen molar-refractivity contribution in [2.75, 3.05) is 0 Å². The minimum atomic E-state index is -3.77. The fourth-order valence-corrected chi connectivity index (χ4v) is 2.60. The molecule has 1 amide bonds. The van der Waals surface area contributed by atoms with E-state index in [1.54, 1.807) is 6.07 Å². The lowest BCUT2D eigenvalue weighted by Gasteiger charge is -2.14. The summed E-state index contributed by atoms with van der Waals surface area (Å²) in [5.74, 6) is -0.476. The number of ether oxygens (including phenoxy) is 1. The largest absolute Gasteiger partial charge is 0.474 e. The monoisotopic (exact) mass is 379 g/mol. The summed E-state index contributed by atoms with van der Waals surface area (Å²) in [7, 11) is -3.77. The first-order valence-corrected chi connectivity index (χ1v) is 9.02. The van der Waals surface area contributed by atoms with Gasteiger partial charge >= 0.3 is 5.69 Å². The quantitative estimate of drug-likeness (QED) is 0.549. The Balaban J connectivity index is 1.97. The highest BCUT2D eigenvalue weighted by Crippen LogP contribution is 2.26. The van der Waals surface area contributed by atoms with Gasteiger partial charge in [0.1, 0.15) is 0 Å². The van der Waals surface area contributed by atoms with E-state index in [-0.39, 0.29) is 22.9 Å². The summed E-state index contributed by atoms with van der Waals surface area (Å²) in [6, 6.07) is 11.5. The van der Waals surface area contributed by atoms with Crippen LogP contribution < -0.4 is 15.2 Å². The van der Waals surface area contributed by atoms with Gasteiger partial charge in [0.05, 0.1) is 9.82 Å². The number of amides is 1. The highest BCUT2D eigenvalue weighted by molar-refractivity contribution is 7.89. The number of carbonyl (C=O) groups excluding carboxylic acids is 1. The van der Waals surface area contributed by atoms with Crippen LogP contribution in [0.4, 0.5) is 5.69 Å². The number of nitrogens with two attached hydrogens (primary N) is 1. The fraction of sp³-hybridized carbons (Fsp3) is 0.188. The van der Waals surface area contributed by atoms with Gasteiger partial charge in [0.2, 0.25) is 10.0 Å². The van der Waals surface area contributed by atoms with Gasteiger partial charge in [-0.25, -0.2) is 13.6 Å². The molecule has 2 aromatic carbocycles. The van der Waals surface area contributed by atoms with Crippen LogP contribution in [-0.4, -0.2) is 25.4 Å². The van der Waals surface area contributed by atoms with Crippen LogP contribution in [0, 0.1) is 10.1 Å². The van der Waals surface area contributed by atoms with Crippen molar-refractivity contribution in [3.05, 3.63) is 64.2 Å². The second-order valence-corrected chi connectivity index (χ2v) is 6.95. The average Bonchev–Trinajstić information content (AvgIpc) is 2.59. The molecule has 1 unspecified atom stereocenters.